The highest BCUT2D eigenvalue weighted by atomic mass is 35.5. The Morgan fingerprint density at radius 2 is 2.04 bits per heavy atom. The normalized spacial score (nSPS) is 16.8. The van der Waals surface area contributed by atoms with Gasteiger partial charge in [-0.15, -0.1) is 0 Å². The summed E-state index contributed by atoms with van der Waals surface area (Å²) >= 11 is 6.02. The van der Waals surface area contributed by atoms with Crippen molar-refractivity contribution in [3.8, 4) is 5.75 Å². The second kappa shape index (κ2) is 9.87. The molecule has 0 spiro atoms. The molecule has 1 unspecified atom stereocenters. The van der Waals surface area contributed by atoms with Gasteiger partial charge in [0.05, 0.1) is 18.2 Å². The molecule has 1 aliphatic rings. The van der Waals surface area contributed by atoms with Crippen molar-refractivity contribution in [1.29, 1.82) is 0 Å². The molecule has 1 aromatic rings. The minimum absolute atomic E-state index is 0.0265. The number of benzene rings is 1. The highest BCUT2D eigenvalue weighted by Crippen LogP contribution is 2.22. The third kappa shape index (κ3) is 6.30. The molecule has 1 atom stereocenters. The zero-order chi connectivity index (χ0) is 17.4. The molecule has 6 heteroatoms. The number of ether oxygens (including phenoxy) is 2. The average molecular weight is 355 g/mol. The number of carbonyl (C=O) groups excluding carboxylic acids is 1. The predicted octanol–water partition coefficient (Wildman–Crippen LogP) is 2.58. The van der Waals surface area contributed by atoms with Gasteiger partial charge in [0, 0.05) is 25.7 Å². The fourth-order valence-corrected chi connectivity index (χ4v) is 3.03. The van der Waals surface area contributed by atoms with Crippen LogP contribution < -0.4 is 10.1 Å². The van der Waals surface area contributed by atoms with Crippen molar-refractivity contribution in [2.75, 3.05) is 39.5 Å². The molecule has 0 aromatic heterocycles. The van der Waals surface area contributed by atoms with Crippen molar-refractivity contribution in [3.63, 3.8) is 0 Å². The van der Waals surface area contributed by atoms with Gasteiger partial charge >= 0.3 is 0 Å². The number of carbonyl (C=O) groups is 1. The van der Waals surface area contributed by atoms with Crippen LogP contribution in [0, 0.1) is 5.92 Å². The van der Waals surface area contributed by atoms with Crippen LogP contribution in [0.25, 0.3) is 0 Å². The van der Waals surface area contributed by atoms with Gasteiger partial charge in [-0.2, -0.15) is 0 Å². The van der Waals surface area contributed by atoms with Gasteiger partial charge in [0.15, 0.2) is 6.61 Å². The molecule has 1 heterocycles. The van der Waals surface area contributed by atoms with Crippen LogP contribution in [0.2, 0.25) is 5.02 Å². The SMILES string of the molecule is CC(C)CC(CNC(=O)COc1ccccc1Cl)N1CCOCC1. The summed E-state index contributed by atoms with van der Waals surface area (Å²) in [5, 5.41) is 3.50. The zero-order valence-corrected chi connectivity index (χ0v) is 15.2. The molecule has 0 bridgehead atoms. The molecule has 1 aromatic carbocycles. The number of nitrogens with one attached hydrogen (secondary N) is 1. The molecule has 2 rings (SSSR count). The Balaban J connectivity index is 1.79. The van der Waals surface area contributed by atoms with Crippen LogP contribution in [0.1, 0.15) is 20.3 Å². The molecule has 134 valence electrons. The molecular formula is C18H27ClN2O3. The van der Waals surface area contributed by atoms with Crippen molar-refractivity contribution < 1.29 is 14.3 Å². The van der Waals surface area contributed by atoms with Crippen molar-refractivity contribution in [2.45, 2.75) is 26.3 Å². The second-order valence-corrected chi connectivity index (χ2v) is 6.86. The summed E-state index contributed by atoms with van der Waals surface area (Å²) in [5.41, 5.74) is 0. The number of nitrogens with zero attached hydrogens (tertiary/aromatic N) is 1. The van der Waals surface area contributed by atoms with E-state index in [-0.39, 0.29) is 12.5 Å². The Hall–Kier alpha value is -1.30. The third-order valence-corrected chi connectivity index (χ3v) is 4.35. The molecule has 24 heavy (non-hydrogen) atoms. The van der Waals surface area contributed by atoms with E-state index in [2.05, 4.69) is 24.1 Å². The predicted molar refractivity (Wildman–Crippen MR) is 95.6 cm³/mol. The summed E-state index contributed by atoms with van der Waals surface area (Å²) in [6.07, 6.45) is 1.05. The first-order valence-electron chi connectivity index (χ1n) is 8.52. The lowest BCUT2D eigenvalue weighted by molar-refractivity contribution is -0.123. The number of morpholine rings is 1. The number of hydrogen-bond donors (Lipinski definition) is 1. The zero-order valence-electron chi connectivity index (χ0n) is 14.5. The topological polar surface area (TPSA) is 50.8 Å². The maximum absolute atomic E-state index is 12.1. The first-order chi connectivity index (χ1) is 11.6. The van der Waals surface area contributed by atoms with Gasteiger partial charge in [0.2, 0.25) is 0 Å². The Morgan fingerprint density at radius 1 is 1.33 bits per heavy atom. The molecule has 5 nitrogen and oxygen atoms in total. The monoisotopic (exact) mass is 354 g/mol. The minimum atomic E-state index is -0.128. The highest BCUT2D eigenvalue weighted by Gasteiger charge is 2.22. The molecule has 1 fully saturated rings. The van der Waals surface area contributed by atoms with Gasteiger partial charge in [0.25, 0.3) is 5.91 Å². The molecule has 1 saturated heterocycles. The second-order valence-electron chi connectivity index (χ2n) is 6.45. The van der Waals surface area contributed by atoms with Crippen LogP contribution in [0.3, 0.4) is 0 Å². The van der Waals surface area contributed by atoms with Crippen molar-refractivity contribution in [3.05, 3.63) is 29.3 Å². The van der Waals surface area contributed by atoms with Gasteiger partial charge < -0.3 is 14.8 Å². The Kier molecular flexibility index (Phi) is 7.82. The van der Waals surface area contributed by atoms with E-state index in [0.29, 0.717) is 29.3 Å². The van der Waals surface area contributed by atoms with Crippen LogP contribution in [-0.2, 0) is 9.53 Å². The summed E-state index contributed by atoms with van der Waals surface area (Å²) in [5.74, 6) is 0.979. The smallest absolute Gasteiger partial charge is 0.257 e. The Bertz CT molecular complexity index is 519. The van der Waals surface area contributed by atoms with Crippen molar-refractivity contribution in [1.82, 2.24) is 10.2 Å². The average Bonchev–Trinajstić information content (AvgIpc) is 2.58. The fraction of sp³-hybridized carbons (Fsp3) is 0.611. The first kappa shape index (κ1) is 19.0. The van der Waals surface area contributed by atoms with Gasteiger partial charge in [-0.3, -0.25) is 9.69 Å². The molecule has 1 aliphatic heterocycles. The number of para-hydroxylation sites is 1. The van der Waals surface area contributed by atoms with E-state index >= 15 is 0 Å². The van der Waals surface area contributed by atoms with Crippen LogP contribution in [0.15, 0.2) is 24.3 Å². The van der Waals surface area contributed by atoms with E-state index in [1.165, 1.54) is 0 Å². The molecular weight excluding hydrogens is 328 g/mol. The van der Waals surface area contributed by atoms with E-state index in [1.54, 1.807) is 12.1 Å². The number of rotatable bonds is 8. The van der Waals surface area contributed by atoms with Gasteiger partial charge in [0.1, 0.15) is 5.75 Å². The lowest BCUT2D eigenvalue weighted by atomic mass is 10.0. The van der Waals surface area contributed by atoms with E-state index in [0.717, 1.165) is 32.7 Å². The van der Waals surface area contributed by atoms with Gasteiger partial charge in [-0.1, -0.05) is 37.6 Å². The lowest BCUT2D eigenvalue weighted by Crippen LogP contribution is -2.49. The summed E-state index contributed by atoms with van der Waals surface area (Å²) in [4.78, 5) is 14.5. The lowest BCUT2D eigenvalue weighted by Gasteiger charge is -2.35. The minimum Gasteiger partial charge on any atom is -0.482 e. The summed E-state index contributed by atoms with van der Waals surface area (Å²) in [6, 6.07) is 7.49. The van der Waals surface area contributed by atoms with Crippen LogP contribution in [0.5, 0.6) is 5.75 Å². The number of hydrogen-bond acceptors (Lipinski definition) is 4. The quantitative estimate of drug-likeness (QED) is 0.779. The fourth-order valence-electron chi connectivity index (χ4n) is 2.84. The Morgan fingerprint density at radius 3 is 2.71 bits per heavy atom. The maximum Gasteiger partial charge on any atom is 0.257 e. The van der Waals surface area contributed by atoms with Gasteiger partial charge in [-0.25, -0.2) is 0 Å². The molecule has 1 N–H and O–H groups in total. The number of amides is 1. The van der Waals surface area contributed by atoms with E-state index < -0.39 is 0 Å². The van der Waals surface area contributed by atoms with E-state index in [1.807, 2.05) is 12.1 Å². The molecule has 0 radical (unpaired) electrons. The van der Waals surface area contributed by atoms with Crippen molar-refractivity contribution in [2.24, 2.45) is 5.92 Å². The van der Waals surface area contributed by atoms with Crippen LogP contribution in [0.4, 0.5) is 0 Å². The van der Waals surface area contributed by atoms with E-state index in [4.69, 9.17) is 21.1 Å². The summed E-state index contributed by atoms with van der Waals surface area (Å²) in [6.45, 7) is 8.37. The Labute approximate surface area is 149 Å². The molecule has 0 aliphatic carbocycles. The highest BCUT2D eigenvalue weighted by molar-refractivity contribution is 6.32. The number of halogens is 1. The third-order valence-electron chi connectivity index (χ3n) is 4.04. The van der Waals surface area contributed by atoms with Crippen LogP contribution >= 0.6 is 11.6 Å². The van der Waals surface area contributed by atoms with Gasteiger partial charge in [-0.05, 0) is 24.5 Å². The molecule has 0 saturated carbocycles. The molecule has 1 amide bonds. The standard InChI is InChI=1S/C18H27ClN2O3/c1-14(2)11-15(21-7-9-23-10-8-21)12-20-18(22)13-24-17-6-4-3-5-16(17)19/h3-6,14-15H,7-13H2,1-2H3,(H,20,22). The summed E-state index contributed by atoms with van der Waals surface area (Å²) < 4.78 is 10.9. The maximum atomic E-state index is 12.1. The van der Waals surface area contributed by atoms with E-state index in [9.17, 15) is 4.79 Å². The first-order valence-corrected chi connectivity index (χ1v) is 8.90. The van der Waals surface area contributed by atoms with Crippen LogP contribution in [-0.4, -0.2) is 56.3 Å². The largest absolute Gasteiger partial charge is 0.482 e. The summed E-state index contributed by atoms with van der Waals surface area (Å²) in [7, 11) is 0. The van der Waals surface area contributed by atoms with Crippen molar-refractivity contribution >= 4 is 17.5 Å².